The molecule has 0 radical (unpaired) electrons. The highest BCUT2D eigenvalue weighted by atomic mass is 35.5. The van der Waals surface area contributed by atoms with E-state index in [2.05, 4.69) is 15.0 Å². The molecular weight excluding hydrogens is 398 g/mol. The first-order chi connectivity index (χ1) is 13.3. The van der Waals surface area contributed by atoms with Crippen LogP contribution in [0.25, 0.3) is 0 Å². The molecule has 0 atom stereocenters. The molecule has 8 heteroatoms. The van der Waals surface area contributed by atoms with Gasteiger partial charge in [-0.25, -0.2) is 8.42 Å². The second-order valence-corrected chi connectivity index (χ2v) is 8.25. The van der Waals surface area contributed by atoms with E-state index in [1.165, 1.54) is 30.3 Å². The zero-order chi connectivity index (χ0) is 20.1. The van der Waals surface area contributed by atoms with E-state index in [0.717, 1.165) is 11.1 Å². The predicted octanol–water partition coefficient (Wildman–Crippen LogP) is 3.77. The molecule has 1 amide bonds. The van der Waals surface area contributed by atoms with Gasteiger partial charge in [-0.2, -0.15) is 0 Å². The van der Waals surface area contributed by atoms with Gasteiger partial charge in [0.2, 0.25) is 0 Å². The largest absolute Gasteiger partial charge is 0.348 e. The summed E-state index contributed by atoms with van der Waals surface area (Å²) in [5, 5.41) is 2.90. The van der Waals surface area contributed by atoms with Crippen LogP contribution in [0.3, 0.4) is 0 Å². The smallest absolute Gasteiger partial charge is 0.261 e. The van der Waals surface area contributed by atoms with Crippen LogP contribution in [-0.2, 0) is 16.6 Å². The van der Waals surface area contributed by atoms with Gasteiger partial charge in [0, 0.05) is 18.9 Å². The van der Waals surface area contributed by atoms with Crippen molar-refractivity contribution < 1.29 is 13.2 Å². The van der Waals surface area contributed by atoms with E-state index in [0.29, 0.717) is 6.54 Å². The highest BCUT2D eigenvalue weighted by Crippen LogP contribution is 2.23. The number of aromatic nitrogens is 1. The van der Waals surface area contributed by atoms with E-state index >= 15 is 0 Å². The lowest BCUT2D eigenvalue weighted by Gasteiger charge is -2.11. The number of carbonyl (C=O) groups is 1. The molecule has 6 nitrogen and oxygen atoms in total. The third-order valence-corrected chi connectivity index (χ3v) is 5.68. The summed E-state index contributed by atoms with van der Waals surface area (Å²) in [7, 11) is -3.74. The lowest BCUT2D eigenvalue weighted by atomic mass is 10.2. The number of nitrogens with one attached hydrogen (secondary N) is 2. The number of hydrogen-bond acceptors (Lipinski definition) is 4. The molecule has 3 aromatic rings. The number of pyridine rings is 1. The second kappa shape index (κ2) is 8.41. The van der Waals surface area contributed by atoms with E-state index in [1.54, 1.807) is 30.6 Å². The van der Waals surface area contributed by atoms with Crippen molar-refractivity contribution in [1.29, 1.82) is 0 Å². The van der Waals surface area contributed by atoms with Gasteiger partial charge in [-0.05, 0) is 48.9 Å². The van der Waals surface area contributed by atoms with E-state index < -0.39 is 10.0 Å². The number of nitrogens with zero attached hydrogens (tertiary/aromatic N) is 1. The molecule has 0 aliphatic carbocycles. The van der Waals surface area contributed by atoms with E-state index in [9.17, 15) is 13.2 Å². The zero-order valence-electron chi connectivity index (χ0n) is 15.0. The van der Waals surface area contributed by atoms with Crippen LogP contribution in [0.15, 0.2) is 71.9 Å². The van der Waals surface area contributed by atoms with Crippen molar-refractivity contribution in [1.82, 2.24) is 10.3 Å². The second-order valence-electron chi connectivity index (χ2n) is 6.16. The first-order valence-electron chi connectivity index (χ1n) is 8.41. The van der Waals surface area contributed by atoms with Crippen LogP contribution in [-0.4, -0.2) is 19.3 Å². The number of hydrogen-bond donors (Lipinski definition) is 2. The molecule has 0 unspecified atom stereocenters. The molecule has 1 heterocycles. The van der Waals surface area contributed by atoms with Crippen LogP contribution in [0, 0.1) is 6.92 Å². The lowest BCUT2D eigenvalue weighted by Crippen LogP contribution is -2.23. The highest BCUT2D eigenvalue weighted by Gasteiger charge is 2.16. The molecule has 2 N–H and O–H groups in total. The molecule has 0 saturated heterocycles. The molecule has 144 valence electrons. The fourth-order valence-electron chi connectivity index (χ4n) is 2.47. The van der Waals surface area contributed by atoms with Gasteiger partial charge < -0.3 is 5.32 Å². The minimum atomic E-state index is -3.74. The maximum absolute atomic E-state index is 12.5. The average Bonchev–Trinajstić information content (AvgIpc) is 2.67. The van der Waals surface area contributed by atoms with Gasteiger partial charge in [-0.15, -0.1) is 0 Å². The van der Waals surface area contributed by atoms with Crippen molar-refractivity contribution in [3.63, 3.8) is 0 Å². The topological polar surface area (TPSA) is 88.2 Å². The van der Waals surface area contributed by atoms with Gasteiger partial charge in [0.05, 0.1) is 21.2 Å². The Bertz CT molecular complexity index is 1090. The zero-order valence-corrected chi connectivity index (χ0v) is 16.6. The number of carbonyl (C=O) groups excluding carboxylic acids is 1. The maximum atomic E-state index is 12.5. The van der Waals surface area contributed by atoms with Crippen molar-refractivity contribution >= 4 is 33.2 Å². The standard InChI is InChI=1S/C20H18ClN3O3S/c1-14-4-7-17(8-5-14)28(26,27)24-16-6-9-18(19(21)11-16)20(25)23-13-15-3-2-10-22-12-15/h2-12,24H,13H2,1H3,(H,23,25). The molecule has 0 aliphatic rings. The highest BCUT2D eigenvalue weighted by molar-refractivity contribution is 7.92. The molecule has 0 bridgehead atoms. The summed E-state index contributed by atoms with van der Waals surface area (Å²) in [4.78, 5) is 16.5. The molecule has 0 saturated carbocycles. The van der Waals surface area contributed by atoms with Crippen molar-refractivity contribution in [2.24, 2.45) is 0 Å². The Morgan fingerprint density at radius 2 is 1.86 bits per heavy atom. The van der Waals surface area contributed by atoms with Gasteiger partial charge in [-0.1, -0.05) is 35.4 Å². The summed E-state index contributed by atoms with van der Waals surface area (Å²) < 4.78 is 27.4. The number of sulfonamides is 1. The van der Waals surface area contributed by atoms with Crippen LogP contribution in [0.1, 0.15) is 21.5 Å². The molecule has 0 fully saturated rings. The monoisotopic (exact) mass is 415 g/mol. The van der Waals surface area contributed by atoms with Crippen molar-refractivity contribution in [2.45, 2.75) is 18.4 Å². The number of benzene rings is 2. The SMILES string of the molecule is Cc1ccc(S(=O)(=O)Nc2ccc(C(=O)NCc3cccnc3)c(Cl)c2)cc1. The van der Waals surface area contributed by atoms with Crippen molar-refractivity contribution in [3.05, 3.63) is 88.7 Å². The Hall–Kier alpha value is -2.90. The Kier molecular flexibility index (Phi) is 5.96. The average molecular weight is 416 g/mol. The fraction of sp³-hybridized carbons (Fsp3) is 0.100. The van der Waals surface area contributed by atoms with Gasteiger partial charge in [0.25, 0.3) is 15.9 Å². The van der Waals surface area contributed by atoms with E-state index in [4.69, 9.17) is 11.6 Å². The minimum Gasteiger partial charge on any atom is -0.348 e. The van der Waals surface area contributed by atoms with Gasteiger partial charge in [0.1, 0.15) is 0 Å². The molecule has 0 spiro atoms. The Labute approximate surface area is 168 Å². The fourth-order valence-corrected chi connectivity index (χ4v) is 3.79. The number of rotatable bonds is 6. The van der Waals surface area contributed by atoms with Crippen LogP contribution in [0.4, 0.5) is 5.69 Å². The summed E-state index contributed by atoms with van der Waals surface area (Å²) >= 11 is 6.19. The molecule has 3 rings (SSSR count). The lowest BCUT2D eigenvalue weighted by molar-refractivity contribution is 0.0951. The van der Waals surface area contributed by atoms with Crippen molar-refractivity contribution in [3.8, 4) is 0 Å². The normalized spacial score (nSPS) is 11.1. The summed E-state index contributed by atoms with van der Waals surface area (Å²) in [6.45, 7) is 2.19. The molecule has 0 aliphatic heterocycles. The van der Waals surface area contributed by atoms with Crippen LogP contribution >= 0.6 is 11.6 Å². The van der Waals surface area contributed by atoms with Crippen LogP contribution in [0.5, 0.6) is 0 Å². The van der Waals surface area contributed by atoms with E-state index in [-0.39, 0.29) is 27.1 Å². The number of amides is 1. The number of anilines is 1. The Morgan fingerprint density at radius 1 is 1.11 bits per heavy atom. The summed E-state index contributed by atoms with van der Waals surface area (Å²) in [5.74, 6) is -0.359. The van der Waals surface area contributed by atoms with Crippen molar-refractivity contribution in [2.75, 3.05) is 4.72 Å². The quantitative estimate of drug-likeness (QED) is 0.641. The van der Waals surface area contributed by atoms with Gasteiger partial charge >= 0.3 is 0 Å². The first-order valence-corrected chi connectivity index (χ1v) is 10.3. The summed E-state index contributed by atoms with van der Waals surface area (Å²) in [6.07, 6.45) is 3.31. The first kappa shape index (κ1) is 19.9. The molecule has 1 aromatic heterocycles. The van der Waals surface area contributed by atoms with Gasteiger partial charge in [0.15, 0.2) is 0 Å². The van der Waals surface area contributed by atoms with Crippen LogP contribution in [0.2, 0.25) is 5.02 Å². The number of halogens is 1. The molecule has 28 heavy (non-hydrogen) atoms. The van der Waals surface area contributed by atoms with E-state index in [1.807, 2.05) is 13.0 Å². The van der Waals surface area contributed by atoms with Crippen LogP contribution < -0.4 is 10.0 Å². The minimum absolute atomic E-state index is 0.146. The molecular formula is C20H18ClN3O3S. The Balaban J connectivity index is 1.71. The number of aryl methyl sites for hydroxylation is 1. The van der Waals surface area contributed by atoms with Gasteiger partial charge in [-0.3, -0.25) is 14.5 Å². The summed E-state index contributed by atoms with van der Waals surface area (Å²) in [6, 6.07) is 14.5. The maximum Gasteiger partial charge on any atom is 0.261 e. The third kappa shape index (κ3) is 4.88. The third-order valence-electron chi connectivity index (χ3n) is 3.97. The Morgan fingerprint density at radius 3 is 2.50 bits per heavy atom. The molecule has 2 aromatic carbocycles. The predicted molar refractivity (Wildman–Crippen MR) is 109 cm³/mol. The summed E-state index contributed by atoms with van der Waals surface area (Å²) in [5.41, 5.74) is 2.34.